The van der Waals surface area contributed by atoms with Gasteiger partial charge in [-0.1, -0.05) is 31.5 Å². The molecule has 0 amide bonds. The molecule has 0 aliphatic carbocycles. The number of rotatable bonds is 7. The Morgan fingerprint density at radius 3 is 2.67 bits per heavy atom. The maximum absolute atomic E-state index is 13.5. The van der Waals surface area contributed by atoms with Gasteiger partial charge in [-0.25, -0.2) is 4.39 Å². The molecule has 0 radical (unpaired) electrons. The van der Waals surface area contributed by atoms with E-state index < -0.39 is 5.60 Å². The van der Waals surface area contributed by atoms with E-state index in [4.69, 9.17) is 0 Å². The van der Waals surface area contributed by atoms with E-state index in [0.29, 0.717) is 18.5 Å². The number of hydrogen-bond donors (Lipinski definition) is 2. The van der Waals surface area contributed by atoms with E-state index in [2.05, 4.69) is 12.2 Å². The van der Waals surface area contributed by atoms with Crippen LogP contribution in [0.25, 0.3) is 0 Å². The summed E-state index contributed by atoms with van der Waals surface area (Å²) in [6.45, 7) is 6.43. The molecular weight excluding hydrogens is 229 g/mol. The number of hydrogen-bond acceptors (Lipinski definition) is 2. The summed E-state index contributed by atoms with van der Waals surface area (Å²) < 4.78 is 13.5. The third-order valence-corrected chi connectivity index (χ3v) is 3.10. The van der Waals surface area contributed by atoms with Crippen LogP contribution in [0.3, 0.4) is 0 Å². The minimum absolute atomic E-state index is 0.144. The second-order valence-electron chi connectivity index (χ2n) is 5.32. The first-order valence-electron chi connectivity index (χ1n) is 6.64. The third kappa shape index (κ3) is 5.15. The van der Waals surface area contributed by atoms with Crippen molar-refractivity contribution >= 4 is 0 Å². The Hall–Kier alpha value is -0.930. The van der Waals surface area contributed by atoms with Gasteiger partial charge in [0, 0.05) is 12.6 Å². The fourth-order valence-corrected chi connectivity index (χ4v) is 2.09. The van der Waals surface area contributed by atoms with Crippen molar-refractivity contribution in [1.82, 2.24) is 5.32 Å². The molecule has 102 valence electrons. The van der Waals surface area contributed by atoms with Crippen LogP contribution < -0.4 is 5.32 Å². The average molecular weight is 253 g/mol. The van der Waals surface area contributed by atoms with Crippen molar-refractivity contribution in [3.8, 4) is 0 Å². The monoisotopic (exact) mass is 253 g/mol. The fraction of sp³-hybridized carbons (Fsp3) is 0.600. The molecule has 2 atom stereocenters. The van der Waals surface area contributed by atoms with Gasteiger partial charge in [0.2, 0.25) is 0 Å². The van der Waals surface area contributed by atoms with Gasteiger partial charge < -0.3 is 10.4 Å². The SMILES string of the molecule is CCCC(C)(O)CNC(C)Cc1ccccc1F. The van der Waals surface area contributed by atoms with Crippen LogP contribution in [0.5, 0.6) is 0 Å². The van der Waals surface area contributed by atoms with Crippen LogP contribution in [-0.4, -0.2) is 23.3 Å². The summed E-state index contributed by atoms with van der Waals surface area (Å²) in [7, 11) is 0. The highest BCUT2D eigenvalue weighted by molar-refractivity contribution is 5.18. The summed E-state index contributed by atoms with van der Waals surface area (Å²) in [4.78, 5) is 0. The molecule has 0 heterocycles. The molecule has 3 heteroatoms. The van der Waals surface area contributed by atoms with Gasteiger partial charge in [0.05, 0.1) is 5.60 Å². The lowest BCUT2D eigenvalue weighted by atomic mass is 9.99. The lowest BCUT2D eigenvalue weighted by Crippen LogP contribution is -2.42. The summed E-state index contributed by atoms with van der Waals surface area (Å²) >= 11 is 0. The molecule has 0 saturated carbocycles. The first-order chi connectivity index (χ1) is 8.44. The van der Waals surface area contributed by atoms with Gasteiger partial charge in [-0.15, -0.1) is 0 Å². The van der Waals surface area contributed by atoms with Crippen LogP contribution in [-0.2, 0) is 6.42 Å². The van der Waals surface area contributed by atoms with E-state index in [-0.39, 0.29) is 11.9 Å². The van der Waals surface area contributed by atoms with Gasteiger partial charge in [0.15, 0.2) is 0 Å². The van der Waals surface area contributed by atoms with Gasteiger partial charge in [0.1, 0.15) is 5.82 Å². The molecule has 0 bridgehead atoms. The zero-order valence-electron chi connectivity index (χ0n) is 11.5. The number of aliphatic hydroxyl groups is 1. The van der Waals surface area contributed by atoms with Gasteiger partial charge in [0.25, 0.3) is 0 Å². The highest BCUT2D eigenvalue weighted by Crippen LogP contribution is 2.12. The molecule has 0 fully saturated rings. The Morgan fingerprint density at radius 2 is 2.06 bits per heavy atom. The fourth-order valence-electron chi connectivity index (χ4n) is 2.09. The molecule has 0 spiro atoms. The molecule has 1 aromatic rings. The Balaban J connectivity index is 2.43. The van der Waals surface area contributed by atoms with Crippen molar-refractivity contribution in [1.29, 1.82) is 0 Å². The minimum Gasteiger partial charge on any atom is -0.389 e. The van der Waals surface area contributed by atoms with E-state index in [1.54, 1.807) is 12.1 Å². The van der Waals surface area contributed by atoms with Crippen LogP contribution in [0.2, 0.25) is 0 Å². The standard InChI is InChI=1S/C15H24FNO/c1-4-9-15(3,18)11-17-12(2)10-13-7-5-6-8-14(13)16/h5-8,12,17-18H,4,9-11H2,1-3H3. The summed E-state index contributed by atoms with van der Waals surface area (Å²) in [6.07, 6.45) is 2.36. The van der Waals surface area contributed by atoms with Crippen molar-refractivity contribution in [3.05, 3.63) is 35.6 Å². The summed E-state index contributed by atoms with van der Waals surface area (Å²) in [5.74, 6) is -0.161. The first-order valence-corrected chi connectivity index (χ1v) is 6.64. The first kappa shape index (κ1) is 15.1. The lowest BCUT2D eigenvalue weighted by Gasteiger charge is -2.25. The normalized spacial score (nSPS) is 16.3. The topological polar surface area (TPSA) is 32.3 Å². The van der Waals surface area contributed by atoms with Crippen LogP contribution in [0, 0.1) is 5.82 Å². The van der Waals surface area contributed by atoms with Crippen LogP contribution in [0.1, 0.15) is 39.2 Å². The minimum atomic E-state index is -0.682. The highest BCUT2D eigenvalue weighted by Gasteiger charge is 2.19. The molecule has 1 rings (SSSR count). The van der Waals surface area contributed by atoms with Crippen molar-refractivity contribution in [3.63, 3.8) is 0 Å². The predicted octanol–water partition coefficient (Wildman–Crippen LogP) is 2.90. The van der Waals surface area contributed by atoms with Gasteiger partial charge in [-0.05, 0) is 38.3 Å². The molecule has 2 nitrogen and oxygen atoms in total. The van der Waals surface area contributed by atoms with E-state index in [1.807, 2.05) is 19.9 Å². The Bertz CT molecular complexity index is 365. The average Bonchev–Trinajstić information content (AvgIpc) is 2.30. The molecule has 0 aliphatic rings. The second-order valence-corrected chi connectivity index (χ2v) is 5.32. The number of benzene rings is 1. The molecule has 1 aromatic carbocycles. The number of halogens is 1. The van der Waals surface area contributed by atoms with E-state index >= 15 is 0 Å². The zero-order valence-corrected chi connectivity index (χ0v) is 11.5. The molecule has 0 aromatic heterocycles. The summed E-state index contributed by atoms with van der Waals surface area (Å²) in [5.41, 5.74) is 0.0331. The molecule has 18 heavy (non-hydrogen) atoms. The second kappa shape index (κ2) is 6.86. The summed E-state index contributed by atoms with van der Waals surface area (Å²) in [5, 5.41) is 13.3. The van der Waals surface area contributed by atoms with Crippen LogP contribution in [0.4, 0.5) is 4.39 Å². The van der Waals surface area contributed by atoms with Crippen molar-refractivity contribution in [2.45, 2.75) is 51.7 Å². The molecular formula is C15H24FNO. The van der Waals surface area contributed by atoms with Crippen LogP contribution >= 0.6 is 0 Å². The smallest absolute Gasteiger partial charge is 0.126 e. The Morgan fingerprint density at radius 1 is 1.39 bits per heavy atom. The maximum Gasteiger partial charge on any atom is 0.126 e. The zero-order chi connectivity index (χ0) is 13.6. The van der Waals surface area contributed by atoms with Crippen molar-refractivity contribution in [2.24, 2.45) is 0 Å². The summed E-state index contributed by atoms with van der Waals surface area (Å²) in [6, 6.07) is 6.97. The van der Waals surface area contributed by atoms with Crippen molar-refractivity contribution in [2.75, 3.05) is 6.54 Å². The van der Waals surface area contributed by atoms with Gasteiger partial charge >= 0.3 is 0 Å². The largest absolute Gasteiger partial charge is 0.389 e. The van der Waals surface area contributed by atoms with Gasteiger partial charge in [-0.3, -0.25) is 0 Å². The Labute approximate surface area is 109 Å². The molecule has 0 aliphatic heterocycles. The predicted molar refractivity (Wildman–Crippen MR) is 73.1 cm³/mol. The van der Waals surface area contributed by atoms with Gasteiger partial charge in [-0.2, -0.15) is 0 Å². The van der Waals surface area contributed by atoms with Crippen LogP contribution in [0.15, 0.2) is 24.3 Å². The quantitative estimate of drug-likeness (QED) is 0.783. The highest BCUT2D eigenvalue weighted by atomic mass is 19.1. The van der Waals surface area contributed by atoms with E-state index in [0.717, 1.165) is 12.8 Å². The van der Waals surface area contributed by atoms with Crippen molar-refractivity contribution < 1.29 is 9.50 Å². The Kier molecular flexibility index (Phi) is 5.76. The third-order valence-electron chi connectivity index (χ3n) is 3.10. The van der Waals surface area contributed by atoms with E-state index in [1.165, 1.54) is 6.07 Å². The maximum atomic E-state index is 13.5. The molecule has 0 saturated heterocycles. The molecule has 2 N–H and O–H groups in total. The molecule has 2 unspecified atom stereocenters. The number of nitrogens with one attached hydrogen (secondary N) is 1. The lowest BCUT2D eigenvalue weighted by molar-refractivity contribution is 0.0477. The van der Waals surface area contributed by atoms with E-state index in [9.17, 15) is 9.50 Å².